The lowest BCUT2D eigenvalue weighted by atomic mass is 9.78. The molecule has 0 aliphatic heterocycles. The van der Waals surface area contributed by atoms with Crippen LogP contribution >= 0.6 is 0 Å². The third-order valence-electron chi connectivity index (χ3n) is 1.92. The summed E-state index contributed by atoms with van der Waals surface area (Å²) >= 11 is 0. The van der Waals surface area contributed by atoms with E-state index in [2.05, 4.69) is 41.5 Å². The van der Waals surface area contributed by atoms with Gasteiger partial charge < -0.3 is 0 Å². The quantitative estimate of drug-likeness (QED) is 0.574. The smallest absolute Gasteiger partial charge is 0.0349 e. The van der Waals surface area contributed by atoms with Crippen LogP contribution in [-0.2, 0) is 0 Å². The minimum atomic E-state index is 0.544. The average molecular weight is 156 g/mol. The molecule has 0 aliphatic carbocycles. The Morgan fingerprint density at radius 1 is 0.818 bits per heavy atom. The fourth-order valence-electron chi connectivity index (χ4n) is 2.29. The molecule has 0 unspecified atom stereocenters. The predicted octanol–water partition coefficient (Wildman–Crippen LogP) is 4.10. The summed E-state index contributed by atoms with van der Waals surface area (Å²) < 4.78 is 0. The highest BCUT2D eigenvalue weighted by atomic mass is 14.3. The summed E-state index contributed by atoms with van der Waals surface area (Å²) in [5, 5.41) is 0. The summed E-state index contributed by atoms with van der Waals surface area (Å²) in [6.45, 7) is 14.0. The highest BCUT2D eigenvalue weighted by Gasteiger charge is 2.20. The van der Waals surface area contributed by atoms with Gasteiger partial charge in [0.15, 0.2) is 0 Å². The van der Waals surface area contributed by atoms with Crippen molar-refractivity contribution in [2.75, 3.05) is 0 Å². The first-order valence-corrected chi connectivity index (χ1v) is 4.83. The highest BCUT2D eigenvalue weighted by molar-refractivity contribution is 4.71. The zero-order valence-electron chi connectivity index (χ0n) is 9.07. The average Bonchev–Trinajstić information content (AvgIpc) is 1.53. The summed E-state index contributed by atoms with van der Waals surface area (Å²) in [6, 6.07) is 0. The highest BCUT2D eigenvalue weighted by Crippen LogP contribution is 2.31. The van der Waals surface area contributed by atoms with E-state index in [0.29, 0.717) is 5.41 Å². The van der Waals surface area contributed by atoms with Gasteiger partial charge in [0.2, 0.25) is 0 Å². The second kappa shape index (κ2) is 4.13. The molecule has 0 heterocycles. The van der Waals surface area contributed by atoms with Crippen molar-refractivity contribution in [3.63, 3.8) is 0 Å². The topological polar surface area (TPSA) is 0 Å². The maximum Gasteiger partial charge on any atom is -0.0349 e. The number of rotatable bonds is 4. The molecule has 0 aromatic heterocycles. The number of hydrogen-bond donors (Lipinski definition) is 0. The molecular formula is C11H24. The van der Waals surface area contributed by atoms with Crippen molar-refractivity contribution < 1.29 is 0 Å². The first kappa shape index (κ1) is 11.0. The van der Waals surface area contributed by atoms with E-state index in [1.165, 1.54) is 12.8 Å². The predicted molar refractivity (Wildman–Crippen MR) is 52.7 cm³/mol. The van der Waals surface area contributed by atoms with Gasteiger partial charge in [-0.25, -0.2) is 0 Å². The van der Waals surface area contributed by atoms with Gasteiger partial charge in [-0.05, 0) is 30.1 Å². The molecule has 0 heteroatoms. The van der Waals surface area contributed by atoms with Gasteiger partial charge in [0, 0.05) is 0 Å². The van der Waals surface area contributed by atoms with Crippen molar-refractivity contribution in [1.82, 2.24) is 0 Å². The zero-order chi connectivity index (χ0) is 9.07. The normalized spacial score (nSPS) is 13.1. The van der Waals surface area contributed by atoms with Crippen molar-refractivity contribution in [3.8, 4) is 0 Å². The maximum absolute atomic E-state index is 2.38. The van der Waals surface area contributed by atoms with Crippen molar-refractivity contribution in [3.05, 3.63) is 0 Å². The summed E-state index contributed by atoms with van der Waals surface area (Å²) in [5.41, 5.74) is 0.544. The Balaban J connectivity index is 3.79. The minimum Gasteiger partial charge on any atom is -0.0628 e. The van der Waals surface area contributed by atoms with Crippen LogP contribution in [0.15, 0.2) is 0 Å². The van der Waals surface area contributed by atoms with E-state index in [4.69, 9.17) is 0 Å². The monoisotopic (exact) mass is 156 g/mol. The molecule has 0 nitrogen and oxygen atoms in total. The summed E-state index contributed by atoms with van der Waals surface area (Å²) in [4.78, 5) is 0. The van der Waals surface area contributed by atoms with Gasteiger partial charge >= 0.3 is 0 Å². The van der Waals surface area contributed by atoms with E-state index in [0.717, 1.165) is 11.8 Å². The molecule has 0 bridgehead atoms. The summed E-state index contributed by atoms with van der Waals surface area (Å²) in [6.07, 6.45) is 2.70. The third kappa shape index (κ3) is 6.40. The Labute approximate surface area is 72.4 Å². The van der Waals surface area contributed by atoms with Crippen molar-refractivity contribution in [2.24, 2.45) is 17.3 Å². The first-order valence-electron chi connectivity index (χ1n) is 4.83. The summed E-state index contributed by atoms with van der Waals surface area (Å²) in [5.74, 6) is 1.67. The van der Waals surface area contributed by atoms with Crippen LogP contribution in [-0.4, -0.2) is 0 Å². The second-order valence-electron chi connectivity index (χ2n) is 5.36. The van der Waals surface area contributed by atoms with Gasteiger partial charge in [0.25, 0.3) is 0 Å². The Kier molecular flexibility index (Phi) is 4.13. The van der Waals surface area contributed by atoms with Crippen molar-refractivity contribution in [2.45, 2.75) is 54.4 Å². The van der Waals surface area contributed by atoms with Crippen LogP contribution in [0.1, 0.15) is 54.4 Å². The lowest BCUT2D eigenvalue weighted by molar-refractivity contribution is 0.233. The van der Waals surface area contributed by atoms with E-state index in [1.807, 2.05) is 0 Å². The molecule has 0 amide bonds. The fraction of sp³-hybridized carbons (Fsp3) is 1.00. The molecule has 0 rings (SSSR count). The Morgan fingerprint density at radius 2 is 1.09 bits per heavy atom. The Hall–Kier alpha value is 0. The van der Waals surface area contributed by atoms with Crippen LogP contribution in [0.4, 0.5) is 0 Å². The van der Waals surface area contributed by atoms with Crippen molar-refractivity contribution >= 4 is 0 Å². The van der Waals surface area contributed by atoms with E-state index < -0.39 is 0 Å². The van der Waals surface area contributed by atoms with Gasteiger partial charge in [-0.2, -0.15) is 0 Å². The van der Waals surface area contributed by atoms with E-state index in [-0.39, 0.29) is 0 Å². The van der Waals surface area contributed by atoms with Crippen LogP contribution in [0.3, 0.4) is 0 Å². The standard InChI is InChI=1S/C11H24/c1-9(2)7-11(5,6)8-10(3)4/h9-10H,7-8H2,1-6H3. The third-order valence-corrected chi connectivity index (χ3v) is 1.92. The zero-order valence-corrected chi connectivity index (χ0v) is 9.07. The van der Waals surface area contributed by atoms with E-state index in [9.17, 15) is 0 Å². The molecular weight excluding hydrogens is 132 g/mol. The molecule has 0 saturated heterocycles. The molecule has 0 saturated carbocycles. The second-order valence-corrected chi connectivity index (χ2v) is 5.36. The van der Waals surface area contributed by atoms with Gasteiger partial charge in [0.05, 0.1) is 0 Å². The summed E-state index contributed by atoms with van der Waals surface area (Å²) in [7, 11) is 0. The molecule has 0 atom stereocenters. The number of hydrogen-bond acceptors (Lipinski definition) is 0. The molecule has 0 aliphatic rings. The lowest BCUT2D eigenvalue weighted by Gasteiger charge is -2.28. The van der Waals surface area contributed by atoms with Gasteiger partial charge in [-0.3, -0.25) is 0 Å². The largest absolute Gasteiger partial charge is 0.0628 e. The minimum absolute atomic E-state index is 0.544. The van der Waals surface area contributed by atoms with Crippen molar-refractivity contribution in [1.29, 1.82) is 0 Å². The molecule has 0 N–H and O–H groups in total. The Bertz CT molecular complexity index is 86.6. The maximum atomic E-state index is 2.38. The first-order chi connectivity index (χ1) is 4.83. The molecule has 11 heavy (non-hydrogen) atoms. The van der Waals surface area contributed by atoms with Crippen LogP contribution in [0, 0.1) is 17.3 Å². The van der Waals surface area contributed by atoms with Crippen LogP contribution < -0.4 is 0 Å². The molecule has 68 valence electrons. The molecule has 0 aromatic carbocycles. The fourth-order valence-corrected chi connectivity index (χ4v) is 2.29. The van der Waals surface area contributed by atoms with Gasteiger partial charge in [-0.15, -0.1) is 0 Å². The lowest BCUT2D eigenvalue weighted by Crippen LogP contribution is -2.16. The SMILES string of the molecule is CC(C)CC(C)(C)CC(C)C. The molecule has 0 spiro atoms. The van der Waals surface area contributed by atoms with Gasteiger partial charge in [0.1, 0.15) is 0 Å². The van der Waals surface area contributed by atoms with Crippen LogP contribution in [0.5, 0.6) is 0 Å². The molecule has 0 aromatic rings. The molecule has 0 fully saturated rings. The van der Waals surface area contributed by atoms with E-state index >= 15 is 0 Å². The van der Waals surface area contributed by atoms with E-state index in [1.54, 1.807) is 0 Å². The molecule has 0 radical (unpaired) electrons. The van der Waals surface area contributed by atoms with Gasteiger partial charge in [-0.1, -0.05) is 41.5 Å². The van der Waals surface area contributed by atoms with Crippen LogP contribution in [0.25, 0.3) is 0 Å². The van der Waals surface area contributed by atoms with Crippen LogP contribution in [0.2, 0.25) is 0 Å². The Morgan fingerprint density at radius 3 is 1.27 bits per heavy atom.